The maximum absolute atomic E-state index is 5.45. The monoisotopic (exact) mass is 194 g/mol. The minimum Gasteiger partial charge on any atom is -0.492 e. The van der Waals surface area contributed by atoms with Crippen molar-refractivity contribution < 1.29 is 4.74 Å². The lowest BCUT2D eigenvalue weighted by atomic mass is 10.1. The highest BCUT2D eigenvalue weighted by Gasteiger charge is 2.20. The van der Waals surface area contributed by atoms with Crippen molar-refractivity contribution in [2.75, 3.05) is 13.7 Å². The first-order chi connectivity index (χ1) is 6.92. The van der Waals surface area contributed by atoms with Crippen LogP contribution in [0.15, 0.2) is 18.3 Å². The highest BCUT2D eigenvalue weighted by atomic mass is 16.5. The van der Waals surface area contributed by atoms with E-state index in [2.05, 4.69) is 10.3 Å². The number of ether oxygens (including phenoxy) is 1. The molecule has 2 rings (SSSR count). The molecule has 0 radical (unpaired) electrons. The van der Waals surface area contributed by atoms with Crippen molar-refractivity contribution >= 4 is 0 Å². The zero-order chi connectivity index (χ0) is 10.4. The molecule has 3 heteroatoms. The van der Waals surface area contributed by atoms with Gasteiger partial charge in [-0.1, -0.05) is 13.8 Å². The molecule has 0 amide bonds. The lowest BCUT2D eigenvalue weighted by Crippen LogP contribution is -2.24. The first kappa shape index (κ1) is 11.0. The van der Waals surface area contributed by atoms with E-state index in [-0.39, 0.29) is 0 Å². The fraction of sp³-hybridized carbons (Fsp3) is 0.545. The van der Waals surface area contributed by atoms with Crippen LogP contribution in [0.5, 0.6) is 5.75 Å². The SMILES string of the molecule is CC.CNC1CCOc2cccnc21. The van der Waals surface area contributed by atoms with Crippen molar-refractivity contribution in [2.45, 2.75) is 26.3 Å². The van der Waals surface area contributed by atoms with Crippen LogP contribution in [0.4, 0.5) is 0 Å². The standard InChI is InChI=1S/C9H12N2O.C2H6/c1-10-7-4-6-12-8-3-2-5-11-9(7)8;1-2/h2-3,5,7,10H,4,6H2,1H3;1-2H3. The van der Waals surface area contributed by atoms with Gasteiger partial charge in [-0.15, -0.1) is 0 Å². The van der Waals surface area contributed by atoms with Gasteiger partial charge in [0, 0.05) is 12.6 Å². The quantitative estimate of drug-likeness (QED) is 0.743. The fourth-order valence-corrected chi connectivity index (χ4v) is 1.49. The Hall–Kier alpha value is -1.09. The summed E-state index contributed by atoms with van der Waals surface area (Å²) in [4.78, 5) is 4.28. The van der Waals surface area contributed by atoms with E-state index < -0.39 is 0 Å². The third-order valence-electron chi connectivity index (χ3n) is 2.14. The molecule has 1 N–H and O–H groups in total. The molecule has 0 aromatic carbocycles. The maximum atomic E-state index is 5.45. The Morgan fingerprint density at radius 1 is 1.50 bits per heavy atom. The van der Waals surface area contributed by atoms with Crippen molar-refractivity contribution in [3.8, 4) is 5.75 Å². The van der Waals surface area contributed by atoms with Crippen LogP contribution in [-0.4, -0.2) is 18.6 Å². The van der Waals surface area contributed by atoms with Crippen molar-refractivity contribution in [1.29, 1.82) is 0 Å². The Bertz CT molecular complexity index is 276. The molecule has 1 aliphatic rings. The predicted molar refractivity (Wildman–Crippen MR) is 57.5 cm³/mol. The first-order valence-corrected chi connectivity index (χ1v) is 5.17. The van der Waals surface area contributed by atoms with Gasteiger partial charge in [0.05, 0.1) is 18.3 Å². The third kappa shape index (κ3) is 2.23. The molecule has 14 heavy (non-hydrogen) atoms. The van der Waals surface area contributed by atoms with Gasteiger partial charge in [0.1, 0.15) is 5.75 Å². The molecule has 2 heterocycles. The number of hydrogen-bond acceptors (Lipinski definition) is 3. The predicted octanol–water partition coefficient (Wildman–Crippen LogP) is 2.15. The number of aromatic nitrogens is 1. The highest BCUT2D eigenvalue weighted by molar-refractivity contribution is 5.31. The summed E-state index contributed by atoms with van der Waals surface area (Å²) in [5, 5.41) is 3.22. The van der Waals surface area contributed by atoms with Crippen LogP contribution < -0.4 is 10.1 Å². The molecule has 78 valence electrons. The summed E-state index contributed by atoms with van der Waals surface area (Å²) in [5.74, 6) is 0.920. The highest BCUT2D eigenvalue weighted by Crippen LogP contribution is 2.28. The molecule has 1 unspecified atom stereocenters. The number of pyridine rings is 1. The zero-order valence-electron chi connectivity index (χ0n) is 9.08. The summed E-state index contributed by atoms with van der Waals surface area (Å²) in [6, 6.07) is 4.22. The molecule has 1 aromatic rings. The average Bonchev–Trinajstić information content (AvgIpc) is 2.31. The van der Waals surface area contributed by atoms with Crippen LogP contribution in [0.2, 0.25) is 0 Å². The van der Waals surface area contributed by atoms with Gasteiger partial charge in [0.2, 0.25) is 0 Å². The van der Waals surface area contributed by atoms with Gasteiger partial charge in [-0.2, -0.15) is 0 Å². The first-order valence-electron chi connectivity index (χ1n) is 5.17. The molecule has 3 nitrogen and oxygen atoms in total. The Balaban J connectivity index is 0.000000461. The van der Waals surface area contributed by atoms with Gasteiger partial charge in [-0.25, -0.2) is 0 Å². The molecule has 0 spiro atoms. The van der Waals surface area contributed by atoms with Crippen molar-refractivity contribution in [3.63, 3.8) is 0 Å². The molecule has 1 aliphatic heterocycles. The van der Waals surface area contributed by atoms with Crippen molar-refractivity contribution in [2.24, 2.45) is 0 Å². The van der Waals surface area contributed by atoms with Crippen LogP contribution in [-0.2, 0) is 0 Å². The minimum absolute atomic E-state index is 0.356. The van der Waals surface area contributed by atoms with E-state index in [1.165, 1.54) is 0 Å². The molecule has 0 bridgehead atoms. The Morgan fingerprint density at radius 2 is 2.29 bits per heavy atom. The van der Waals surface area contributed by atoms with Gasteiger partial charge in [-0.3, -0.25) is 4.98 Å². The molecule has 1 atom stereocenters. The van der Waals surface area contributed by atoms with Gasteiger partial charge in [0.15, 0.2) is 0 Å². The van der Waals surface area contributed by atoms with E-state index >= 15 is 0 Å². The summed E-state index contributed by atoms with van der Waals surface area (Å²) in [6.45, 7) is 4.78. The largest absolute Gasteiger partial charge is 0.492 e. The van der Waals surface area contributed by atoms with E-state index in [1.54, 1.807) is 6.20 Å². The summed E-state index contributed by atoms with van der Waals surface area (Å²) < 4.78 is 5.45. The van der Waals surface area contributed by atoms with Gasteiger partial charge in [-0.05, 0) is 19.2 Å². The second kappa shape index (κ2) is 5.60. The Morgan fingerprint density at radius 3 is 3.00 bits per heavy atom. The smallest absolute Gasteiger partial charge is 0.142 e. The second-order valence-electron chi connectivity index (χ2n) is 2.87. The van der Waals surface area contributed by atoms with Crippen LogP contribution in [0.3, 0.4) is 0 Å². The van der Waals surface area contributed by atoms with E-state index in [0.29, 0.717) is 6.04 Å². The van der Waals surface area contributed by atoms with Crippen LogP contribution in [0, 0.1) is 0 Å². The normalized spacial score (nSPS) is 18.6. The van der Waals surface area contributed by atoms with Crippen LogP contribution in [0.25, 0.3) is 0 Å². The van der Waals surface area contributed by atoms with Crippen LogP contribution in [0.1, 0.15) is 32.0 Å². The van der Waals surface area contributed by atoms with Gasteiger partial charge < -0.3 is 10.1 Å². The number of nitrogens with zero attached hydrogens (tertiary/aromatic N) is 1. The van der Waals surface area contributed by atoms with Gasteiger partial charge >= 0.3 is 0 Å². The average molecular weight is 194 g/mol. The van der Waals surface area contributed by atoms with E-state index in [1.807, 2.05) is 33.0 Å². The topological polar surface area (TPSA) is 34.1 Å². The molecule has 0 aliphatic carbocycles. The van der Waals surface area contributed by atoms with Crippen molar-refractivity contribution in [1.82, 2.24) is 10.3 Å². The lowest BCUT2D eigenvalue weighted by molar-refractivity contribution is 0.253. The molecule has 0 saturated carbocycles. The molecule has 0 fully saturated rings. The van der Waals surface area contributed by atoms with E-state index in [0.717, 1.165) is 24.5 Å². The lowest BCUT2D eigenvalue weighted by Gasteiger charge is -2.23. The molecule has 0 saturated heterocycles. The number of fused-ring (bicyclic) bond motifs is 1. The molecular formula is C11H18N2O. The summed E-state index contributed by atoms with van der Waals surface area (Å²) in [6.07, 6.45) is 2.80. The van der Waals surface area contributed by atoms with E-state index in [4.69, 9.17) is 4.74 Å². The molecular weight excluding hydrogens is 176 g/mol. The third-order valence-corrected chi connectivity index (χ3v) is 2.14. The minimum atomic E-state index is 0.356. The summed E-state index contributed by atoms with van der Waals surface area (Å²) in [5.41, 5.74) is 1.03. The molecule has 1 aromatic heterocycles. The maximum Gasteiger partial charge on any atom is 0.142 e. The fourth-order valence-electron chi connectivity index (χ4n) is 1.49. The summed E-state index contributed by atoms with van der Waals surface area (Å²) in [7, 11) is 1.95. The Kier molecular flexibility index (Phi) is 4.40. The Labute approximate surface area is 85.5 Å². The number of hydrogen-bond donors (Lipinski definition) is 1. The van der Waals surface area contributed by atoms with E-state index in [9.17, 15) is 0 Å². The second-order valence-corrected chi connectivity index (χ2v) is 2.87. The van der Waals surface area contributed by atoms with Gasteiger partial charge in [0.25, 0.3) is 0 Å². The number of nitrogens with one attached hydrogen (secondary N) is 1. The number of rotatable bonds is 1. The van der Waals surface area contributed by atoms with Crippen LogP contribution >= 0.6 is 0 Å². The zero-order valence-corrected chi connectivity index (χ0v) is 9.08. The summed E-state index contributed by atoms with van der Waals surface area (Å²) >= 11 is 0. The van der Waals surface area contributed by atoms with Crippen molar-refractivity contribution in [3.05, 3.63) is 24.0 Å².